The van der Waals surface area contributed by atoms with Crippen LogP contribution in [0.2, 0.25) is 0 Å². The molecule has 0 N–H and O–H groups in total. The largest absolute Gasteiger partial charge is 0.331 e. The van der Waals surface area contributed by atoms with E-state index in [1.807, 2.05) is 6.20 Å². The Labute approximate surface area is 114 Å². The Bertz CT molecular complexity index is 635. The number of aryl methyl sites for hydroxylation is 1. The first-order valence-corrected chi connectivity index (χ1v) is 7.33. The first kappa shape index (κ1) is 11.5. The van der Waals surface area contributed by atoms with Gasteiger partial charge in [0.15, 0.2) is 0 Å². The lowest BCUT2D eigenvalue weighted by molar-refractivity contribution is 0.209. The molecule has 1 aliphatic carbocycles. The summed E-state index contributed by atoms with van der Waals surface area (Å²) in [6.45, 7) is 2.28. The number of hydrogen-bond donors (Lipinski definition) is 0. The van der Waals surface area contributed by atoms with Crippen molar-refractivity contribution >= 4 is 11.0 Å². The van der Waals surface area contributed by atoms with Crippen LogP contribution in [0.15, 0.2) is 18.3 Å². The van der Waals surface area contributed by atoms with Crippen molar-refractivity contribution in [1.82, 2.24) is 14.5 Å². The normalized spacial score (nSPS) is 22.2. The second kappa shape index (κ2) is 3.83. The molecule has 3 nitrogen and oxygen atoms in total. The first-order chi connectivity index (χ1) is 9.21. The van der Waals surface area contributed by atoms with E-state index in [1.165, 1.54) is 43.3 Å². The summed E-state index contributed by atoms with van der Waals surface area (Å²) >= 11 is 0. The molecule has 3 heterocycles. The molecule has 2 aromatic rings. The van der Waals surface area contributed by atoms with E-state index in [4.69, 9.17) is 0 Å². The SMILES string of the molecule is CN1Cc2c(c3cccnc3n2C)C2(CCCC2)C1. The maximum Gasteiger partial charge on any atom is 0.140 e. The third kappa shape index (κ3) is 1.45. The van der Waals surface area contributed by atoms with Gasteiger partial charge < -0.3 is 4.57 Å². The van der Waals surface area contributed by atoms with Gasteiger partial charge >= 0.3 is 0 Å². The average Bonchev–Trinajstić information content (AvgIpc) is 2.96. The van der Waals surface area contributed by atoms with E-state index in [1.54, 1.807) is 5.56 Å². The molecule has 0 atom stereocenters. The van der Waals surface area contributed by atoms with Crippen LogP contribution in [-0.4, -0.2) is 28.0 Å². The van der Waals surface area contributed by atoms with Gasteiger partial charge in [-0.05, 0) is 37.6 Å². The maximum absolute atomic E-state index is 4.61. The Morgan fingerprint density at radius 2 is 2.00 bits per heavy atom. The van der Waals surface area contributed by atoms with Crippen LogP contribution >= 0.6 is 0 Å². The Hall–Kier alpha value is -1.35. The number of rotatable bonds is 0. The molecule has 1 fully saturated rings. The highest BCUT2D eigenvalue weighted by molar-refractivity contribution is 5.84. The van der Waals surface area contributed by atoms with Crippen LogP contribution in [0, 0.1) is 0 Å². The quantitative estimate of drug-likeness (QED) is 0.722. The van der Waals surface area contributed by atoms with Crippen molar-refractivity contribution in [3.05, 3.63) is 29.6 Å². The van der Waals surface area contributed by atoms with Gasteiger partial charge in [0.1, 0.15) is 5.65 Å². The molecule has 0 amide bonds. The monoisotopic (exact) mass is 255 g/mol. The molecule has 4 rings (SSSR count). The van der Waals surface area contributed by atoms with Crippen LogP contribution < -0.4 is 0 Å². The zero-order valence-electron chi connectivity index (χ0n) is 11.8. The molecular formula is C16H21N3. The Balaban J connectivity index is 2.06. The highest BCUT2D eigenvalue weighted by Gasteiger charge is 2.43. The lowest BCUT2D eigenvalue weighted by atomic mass is 9.75. The van der Waals surface area contributed by atoms with Gasteiger partial charge in [-0.2, -0.15) is 0 Å². The van der Waals surface area contributed by atoms with E-state index in [0.29, 0.717) is 5.41 Å². The topological polar surface area (TPSA) is 21.1 Å². The minimum absolute atomic E-state index is 0.394. The second-order valence-corrected chi connectivity index (χ2v) is 6.42. The molecule has 19 heavy (non-hydrogen) atoms. The second-order valence-electron chi connectivity index (χ2n) is 6.42. The predicted octanol–water partition coefficient (Wildman–Crippen LogP) is 2.83. The van der Waals surface area contributed by atoms with Crippen LogP contribution in [0.25, 0.3) is 11.0 Å². The van der Waals surface area contributed by atoms with Gasteiger partial charge in [0.05, 0.1) is 0 Å². The molecular weight excluding hydrogens is 234 g/mol. The Morgan fingerprint density at radius 3 is 2.79 bits per heavy atom. The van der Waals surface area contributed by atoms with Crippen molar-refractivity contribution in [3.63, 3.8) is 0 Å². The lowest BCUT2D eigenvalue weighted by Gasteiger charge is -2.39. The van der Waals surface area contributed by atoms with Gasteiger partial charge in [-0.25, -0.2) is 4.98 Å². The fourth-order valence-corrected chi connectivity index (χ4v) is 4.45. The van der Waals surface area contributed by atoms with Crippen molar-refractivity contribution < 1.29 is 0 Å². The molecule has 3 heteroatoms. The van der Waals surface area contributed by atoms with E-state index >= 15 is 0 Å². The van der Waals surface area contributed by atoms with Crippen molar-refractivity contribution in [3.8, 4) is 0 Å². The van der Waals surface area contributed by atoms with Crippen LogP contribution in [0.5, 0.6) is 0 Å². The predicted molar refractivity (Wildman–Crippen MR) is 77.2 cm³/mol. The van der Waals surface area contributed by atoms with Crippen LogP contribution in [0.3, 0.4) is 0 Å². The van der Waals surface area contributed by atoms with Gasteiger partial charge in [0.25, 0.3) is 0 Å². The average molecular weight is 255 g/mol. The number of aromatic nitrogens is 2. The third-order valence-electron chi connectivity index (χ3n) is 5.15. The molecule has 1 saturated carbocycles. The summed E-state index contributed by atoms with van der Waals surface area (Å²) in [4.78, 5) is 7.10. The summed E-state index contributed by atoms with van der Waals surface area (Å²) < 4.78 is 2.32. The molecule has 0 radical (unpaired) electrons. The number of likely N-dealkylation sites (N-methyl/N-ethyl adjacent to an activating group) is 1. The molecule has 2 aromatic heterocycles. The summed E-state index contributed by atoms with van der Waals surface area (Å²) in [5.41, 5.74) is 4.66. The van der Waals surface area contributed by atoms with Crippen molar-refractivity contribution in [1.29, 1.82) is 0 Å². The van der Waals surface area contributed by atoms with Gasteiger partial charge in [0, 0.05) is 42.8 Å². The number of hydrogen-bond acceptors (Lipinski definition) is 2. The summed E-state index contributed by atoms with van der Waals surface area (Å²) in [7, 11) is 4.43. The van der Waals surface area contributed by atoms with E-state index in [9.17, 15) is 0 Å². The fourth-order valence-electron chi connectivity index (χ4n) is 4.45. The van der Waals surface area contributed by atoms with Crippen molar-refractivity contribution in [2.24, 2.45) is 7.05 Å². The number of nitrogens with zero attached hydrogens (tertiary/aromatic N) is 3. The van der Waals surface area contributed by atoms with Gasteiger partial charge in [0.2, 0.25) is 0 Å². The summed E-state index contributed by atoms with van der Waals surface area (Å²) in [5, 5.41) is 1.40. The molecule has 1 aliphatic heterocycles. The third-order valence-corrected chi connectivity index (χ3v) is 5.15. The van der Waals surface area contributed by atoms with E-state index in [-0.39, 0.29) is 0 Å². The number of fused-ring (bicyclic) bond motifs is 4. The van der Waals surface area contributed by atoms with Crippen molar-refractivity contribution in [2.75, 3.05) is 13.6 Å². The van der Waals surface area contributed by atoms with E-state index in [0.717, 1.165) is 12.2 Å². The van der Waals surface area contributed by atoms with Crippen molar-refractivity contribution in [2.45, 2.75) is 37.6 Å². The standard InChI is InChI=1S/C16H21N3/c1-18-10-13-14(16(11-18)7-3-4-8-16)12-6-5-9-17-15(12)19(13)2/h5-6,9H,3-4,7-8,10-11H2,1-2H3. The fraction of sp³-hybridized carbons (Fsp3) is 0.562. The molecule has 0 unspecified atom stereocenters. The first-order valence-electron chi connectivity index (χ1n) is 7.33. The smallest absolute Gasteiger partial charge is 0.140 e. The highest BCUT2D eigenvalue weighted by atomic mass is 15.2. The summed E-state index contributed by atoms with van der Waals surface area (Å²) in [6.07, 6.45) is 7.36. The minimum atomic E-state index is 0.394. The van der Waals surface area contributed by atoms with Crippen LogP contribution in [0.4, 0.5) is 0 Å². The van der Waals surface area contributed by atoms with E-state index in [2.05, 4.69) is 40.7 Å². The maximum atomic E-state index is 4.61. The highest BCUT2D eigenvalue weighted by Crippen LogP contribution is 2.48. The molecule has 0 aromatic carbocycles. The van der Waals surface area contributed by atoms with E-state index < -0.39 is 0 Å². The molecule has 0 bridgehead atoms. The van der Waals surface area contributed by atoms with Gasteiger partial charge in [-0.1, -0.05) is 12.8 Å². The summed E-state index contributed by atoms with van der Waals surface area (Å²) in [5.74, 6) is 0. The summed E-state index contributed by atoms with van der Waals surface area (Å²) in [6, 6.07) is 4.36. The van der Waals surface area contributed by atoms with Crippen LogP contribution in [-0.2, 0) is 19.0 Å². The zero-order chi connectivity index (χ0) is 13.0. The Kier molecular flexibility index (Phi) is 2.31. The molecule has 0 saturated heterocycles. The Morgan fingerprint density at radius 1 is 1.21 bits per heavy atom. The molecule has 2 aliphatic rings. The van der Waals surface area contributed by atoms with Gasteiger partial charge in [-0.3, -0.25) is 4.90 Å². The zero-order valence-corrected chi connectivity index (χ0v) is 11.8. The van der Waals surface area contributed by atoms with Crippen LogP contribution in [0.1, 0.15) is 36.9 Å². The number of pyridine rings is 1. The minimum Gasteiger partial charge on any atom is -0.331 e. The lowest BCUT2D eigenvalue weighted by Crippen LogP contribution is -2.42. The molecule has 1 spiro atoms. The van der Waals surface area contributed by atoms with Gasteiger partial charge in [-0.15, -0.1) is 0 Å². The molecule has 100 valence electrons.